The number of carbonyl (C=O) groups excluding carboxylic acids is 3. The Morgan fingerprint density at radius 2 is 1.70 bits per heavy atom. The van der Waals surface area contributed by atoms with Crippen LogP contribution < -0.4 is 9.47 Å². The van der Waals surface area contributed by atoms with Crippen molar-refractivity contribution in [2.45, 2.75) is 12.8 Å². The van der Waals surface area contributed by atoms with E-state index in [1.807, 2.05) is 0 Å². The monoisotopic (exact) mass is 277 g/mol. The summed E-state index contributed by atoms with van der Waals surface area (Å²) in [5.74, 6) is 0.0250. The molecule has 106 valence electrons. The number of ketones is 1. The molecule has 6 nitrogen and oxygen atoms in total. The van der Waals surface area contributed by atoms with E-state index in [9.17, 15) is 14.4 Å². The maximum Gasteiger partial charge on any atom is 0.230 e. The molecule has 1 aliphatic rings. The summed E-state index contributed by atoms with van der Waals surface area (Å²) in [6.07, 6.45) is 0.357. The Morgan fingerprint density at radius 1 is 1.10 bits per heavy atom. The molecule has 1 aliphatic heterocycles. The number of carbonyl (C=O) groups is 3. The van der Waals surface area contributed by atoms with Crippen LogP contribution in [0.15, 0.2) is 18.2 Å². The van der Waals surface area contributed by atoms with Gasteiger partial charge in [-0.3, -0.25) is 19.3 Å². The number of Topliss-reactive ketones (excluding diaryl/α,β-unsaturated/α-hetero) is 1. The van der Waals surface area contributed by atoms with Gasteiger partial charge in [-0.2, -0.15) is 0 Å². The Bertz CT molecular complexity index is 551. The quantitative estimate of drug-likeness (QED) is 0.594. The van der Waals surface area contributed by atoms with Gasteiger partial charge < -0.3 is 9.47 Å². The number of methoxy groups -OCH3 is 2. The first-order chi connectivity index (χ1) is 9.56. The van der Waals surface area contributed by atoms with Gasteiger partial charge in [-0.1, -0.05) is 0 Å². The number of benzene rings is 1. The number of hydrogen-bond acceptors (Lipinski definition) is 5. The minimum atomic E-state index is -0.311. The van der Waals surface area contributed by atoms with Crippen molar-refractivity contribution in [3.8, 4) is 11.5 Å². The number of rotatable bonds is 5. The molecule has 2 rings (SSSR count). The van der Waals surface area contributed by atoms with Crippen molar-refractivity contribution < 1.29 is 23.9 Å². The highest BCUT2D eigenvalue weighted by Crippen LogP contribution is 2.28. The molecule has 0 aliphatic carbocycles. The van der Waals surface area contributed by atoms with E-state index in [4.69, 9.17) is 9.47 Å². The number of hydrogen-bond donors (Lipinski definition) is 0. The Labute approximate surface area is 116 Å². The molecule has 0 spiro atoms. The second kappa shape index (κ2) is 5.73. The molecule has 0 radical (unpaired) electrons. The second-order valence-electron chi connectivity index (χ2n) is 4.37. The molecule has 1 saturated heterocycles. The molecular formula is C14H15NO5. The highest BCUT2D eigenvalue weighted by atomic mass is 16.5. The van der Waals surface area contributed by atoms with Crippen molar-refractivity contribution in [2.24, 2.45) is 0 Å². The highest BCUT2D eigenvalue weighted by molar-refractivity contribution is 6.08. The number of amides is 2. The minimum absolute atomic E-state index is 0.179. The molecule has 0 unspecified atom stereocenters. The summed E-state index contributed by atoms with van der Waals surface area (Å²) in [6, 6.07) is 4.72. The molecule has 2 amide bonds. The first-order valence-corrected chi connectivity index (χ1v) is 6.15. The van der Waals surface area contributed by atoms with Crippen LogP contribution in [-0.4, -0.2) is 43.3 Å². The van der Waals surface area contributed by atoms with Crippen LogP contribution in [0, 0.1) is 0 Å². The predicted octanol–water partition coefficient (Wildman–Crippen LogP) is 1.04. The molecule has 1 heterocycles. The topological polar surface area (TPSA) is 72.9 Å². The molecule has 0 aromatic heterocycles. The molecule has 0 atom stereocenters. The average Bonchev–Trinajstić information content (AvgIpc) is 2.78. The lowest BCUT2D eigenvalue weighted by molar-refractivity contribution is -0.137. The van der Waals surface area contributed by atoms with E-state index in [1.165, 1.54) is 20.3 Å². The van der Waals surface area contributed by atoms with Gasteiger partial charge in [0.15, 0.2) is 17.3 Å². The Hall–Kier alpha value is -2.37. The van der Waals surface area contributed by atoms with Crippen LogP contribution in [0.2, 0.25) is 0 Å². The third-order valence-corrected chi connectivity index (χ3v) is 3.16. The normalized spacial score (nSPS) is 14.6. The maximum absolute atomic E-state index is 12.1. The summed E-state index contributed by atoms with van der Waals surface area (Å²) in [5, 5.41) is 0. The van der Waals surface area contributed by atoms with Crippen molar-refractivity contribution in [3.63, 3.8) is 0 Å². The smallest absolute Gasteiger partial charge is 0.230 e. The summed E-state index contributed by atoms with van der Waals surface area (Å²) in [4.78, 5) is 36.1. The lowest BCUT2D eigenvalue weighted by Crippen LogP contribution is -2.34. The molecule has 0 bridgehead atoms. The van der Waals surface area contributed by atoms with Crippen molar-refractivity contribution in [3.05, 3.63) is 23.8 Å². The molecule has 1 aromatic rings. The average molecular weight is 277 g/mol. The SMILES string of the molecule is COc1ccc(C(=O)CN2C(=O)CCC2=O)cc1OC. The molecule has 20 heavy (non-hydrogen) atoms. The van der Waals surface area contributed by atoms with Crippen LogP contribution in [0.5, 0.6) is 11.5 Å². The van der Waals surface area contributed by atoms with E-state index < -0.39 is 0 Å². The van der Waals surface area contributed by atoms with E-state index in [0.29, 0.717) is 17.1 Å². The highest BCUT2D eigenvalue weighted by Gasteiger charge is 2.30. The van der Waals surface area contributed by atoms with E-state index in [0.717, 1.165) is 4.90 Å². The standard InChI is InChI=1S/C14H15NO5/c1-19-11-4-3-9(7-12(11)20-2)10(16)8-15-13(17)5-6-14(15)18/h3-4,7H,5-6,8H2,1-2H3. The third kappa shape index (κ3) is 2.64. The summed E-state index contributed by atoms with van der Waals surface area (Å²) in [5.41, 5.74) is 0.371. The molecule has 1 aromatic carbocycles. The van der Waals surface area contributed by atoms with Crippen LogP contribution in [0.4, 0.5) is 0 Å². The van der Waals surface area contributed by atoms with Crippen LogP contribution >= 0.6 is 0 Å². The van der Waals surface area contributed by atoms with E-state index in [2.05, 4.69) is 0 Å². The third-order valence-electron chi connectivity index (χ3n) is 3.16. The van der Waals surface area contributed by atoms with Crippen LogP contribution in [0.3, 0.4) is 0 Å². The summed E-state index contributed by atoms with van der Waals surface area (Å²) < 4.78 is 10.2. The fraction of sp³-hybridized carbons (Fsp3) is 0.357. The van der Waals surface area contributed by atoms with E-state index in [1.54, 1.807) is 12.1 Å². The van der Waals surface area contributed by atoms with Crippen molar-refractivity contribution in [1.29, 1.82) is 0 Å². The first-order valence-electron chi connectivity index (χ1n) is 6.15. The lowest BCUT2D eigenvalue weighted by Gasteiger charge is -2.13. The van der Waals surface area contributed by atoms with Gasteiger partial charge in [0, 0.05) is 18.4 Å². The minimum Gasteiger partial charge on any atom is -0.493 e. The van der Waals surface area contributed by atoms with Crippen LogP contribution in [0.1, 0.15) is 23.2 Å². The van der Waals surface area contributed by atoms with E-state index in [-0.39, 0.29) is 37.0 Å². The fourth-order valence-electron chi connectivity index (χ4n) is 2.04. The first kappa shape index (κ1) is 14.0. The van der Waals surface area contributed by atoms with Crippen molar-refractivity contribution in [2.75, 3.05) is 20.8 Å². The van der Waals surface area contributed by atoms with Crippen molar-refractivity contribution in [1.82, 2.24) is 4.90 Å². The van der Waals surface area contributed by atoms with Gasteiger partial charge in [0.25, 0.3) is 0 Å². The molecule has 1 fully saturated rings. The number of imide groups is 1. The zero-order chi connectivity index (χ0) is 14.7. The summed E-state index contributed by atoms with van der Waals surface area (Å²) >= 11 is 0. The molecule has 0 N–H and O–H groups in total. The van der Waals surface area contributed by atoms with E-state index >= 15 is 0 Å². The second-order valence-corrected chi connectivity index (χ2v) is 4.37. The Morgan fingerprint density at radius 3 is 2.25 bits per heavy atom. The molecule has 6 heteroatoms. The van der Waals surface area contributed by atoms with Gasteiger partial charge in [-0.15, -0.1) is 0 Å². The van der Waals surface area contributed by atoms with Gasteiger partial charge in [-0.25, -0.2) is 0 Å². The van der Waals surface area contributed by atoms with Crippen molar-refractivity contribution >= 4 is 17.6 Å². The maximum atomic E-state index is 12.1. The number of likely N-dealkylation sites (tertiary alicyclic amines) is 1. The molecule has 0 saturated carbocycles. The molecular weight excluding hydrogens is 262 g/mol. The van der Waals surface area contributed by atoms with Gasteiger partial charge in [0.05, 0.1) is 20.8 Å². The number of ether oxygens (including phenoxy) is 2. The predicted molar refractivity (Wildman–Crippen MR) is 69.8 cm³/mol. The Balaban J connectivity index is 2.17. The lowest BCUT2D eigenvalue weighted by atomic mass is 10.1. The van der Waals surface area contributed by atoms with Crippen LogP contribution in [0.25, 0.3) is 0 Å². The zero-order valence-corrected chi connectivity index (χ0v) is 11.3. The largest absolute Gasteiger partial charge is 0.493 e. The number of nitrogens with zero attached hydrogens (tertiary/aromatic N) is 1. The van der Waals surface area contributed by atoms with Gasteiger partial charge in [-0.05, 0) is 18.2 Å². The van der Waals surface area contributed by atoms with Gasteiger partial charge in [0.2, 0.25) is 11.8 Å². The van der Waals surface area contributed by atoms with Gasteiger partial charge >= 0.3 is 0 Å². The Kier molecular flexibility index (Phi) is 4.02. The van der Waals surface area contributed by atoms with Gasteiger partial charge in [0.1, 0.15) is 0 Å². The summed E-state index contributed by atoms with van der Waals surface area (Å²) in [6.45, 7) is -0.229. The fourth-order valence-corrected chi connectivity index (χ4v) is 2.04. The zero-order valence-electron chi connectivity index (χ0n) is 11.3. The van der Waals surface area contributed by atoms with Crippen LogP contribution in [-0.2, 0) is 9.59 Å². The summed E-state index contributed by atoms with van der Waals surface area (Å²) in [7, 11) is 2.97.